The molecule has 0 aliphatic rings. The van der Waals surface area contributed by atoms with E-state index in [1.807, 2.05) is 30.3 Å². The Kier molecular flexibility index (Phi) is 3.44. The quantitative estimate of drug-likeness (QED) is 0.641. The molecule has 0 aliphatic heterocycles. The van der Waals surface area contributed by atoms with E-state index in [1.165, 1.54) is 0 Å². The van der Waals surface area contributed by atoms with Gasteiger partial charge in [-0.25, -0.2) is 0 Å². The number of benzene rings is 1. The number of carbonyl (C=O) groups excluding carboxylic acids is 1. The lowest BCUT2D eigenvalue weighted by molar-refractivity contribution is -0.118. The fourth-order valence-electron chi connectivity index (χ4n) is 1.39. The summed E-state index contributed by atoms with van der Waals surface area (Å²) in [5.41, 5.74) is 1.08. The second kappa shape index (κ2) is 4.61. The van der Waals surface area contributed by atoms with Gasteiger partial charge in [0.2, 0.25) is 0 Å². The lowest BCUT2D eigenvalue weighted by atomic mass is 9.92. The summed E-state index contributed by atoms with van der Waals surface area (Å²) >= 11 is 0. The molecule has 0 fully saturated rings. The molecule has 1 nitrogen and oxygen atoms in total. The van der Waals surface area contributed by atoms with Gasteiger partial charge in [-0.1, -0.05) is 36.4 Å². The van der Waals surface area contributed by atoms with Crippen LogP contribution in [0.15, 0.2) is 43.0 Å². The first-order chi connectivity index (χ1) is 6.25. The van der Waals surface area contributed by atoms with E-state index in [2.05, 4.69) is 6.58 Å². The van der Waals surface area contributed by atoms with Crippen LogP contribution < -0.4 is 0 Å². The van der Waals surface area contributed by atoms with E-state index in [9.17, 15) is 4.79 Å². The summed E-state index contributed by atoms with van der Waals surface area (Å²) in [5.74, 6) is 0.185. The van der Waals surface area contributed by atoms with Crippen molar-refractivity contribution >= 4 is 5.78 Å². The van der Waals surface area contributed by atoms with Crippen LogP contribution in [0, 0.1) is 0 Å². The number of carbonyl (C=O) groups is 1. The highest BCUT2D eigenvalue weighted by molar-refractivity contribution is 5.83. The van der Waals surface area contributed by atoms with Gasteiger partial charge in [0.15, 0.2) is 0 Å². The van der Waals surface area contributed by atoms with Crippen molar-refractivity contribution in [2.24, 2.45) is 0 Å². The van der Waals surface area contributed by atoms with Crippen molar-refractivity contribution in [1.29, 1.82) is 0 Å². The molecular weight excluding hydrogens is 160 g/mol. The third-order valence-corrected chi connectivity index (χ3v) is 2.10. The van der Waals surface area contributed by atoms with E-state index >= 15 is 0 Å². The summed E-state index contributed by atoms with van der Waals surface area (Å²) in [6, 6.07) is 9.82. The molecular formula is C12H14O. The molecule has 0 radical (unpaired) electrons. The molecule has 0 bridgehead atoms. The van der Waals surface area contributed by atoms with Gasteiger partial charge in [0, 0.05) is 5.92 Å². The van der Waals surface area contributed by atoms with Crippen LogP contribution in [-0.4, -0.2) is 5.78 Å². The number of rotatable bonds is 4. The Morgan fingerprint density at radius 3 is 2.54 bits per heavy atom. The zero-order chi connectivity index (χ0) is 9.68. The van der Waals surface area contributed by atoms with Gasteiger partial charge in [0.1, 0.15) is 5.78 Å². The van der Waals surface area contributed by atoms with Crippen LogP contribution in [0.3, 0.4) is 0 Å². The maximum absolute atomic E-state index is 11.3. The molecule has 1 unspecified atom stereocenters. The van der Waals surface area contributed by atoms with Crippen molar-refractivity contribution in [3.05, 3.63) is 48.6 Å². The van der Waals surface area contributed by atoms with Gasteiger partial charge in [-0.3, -0.25) is 4.79 Å². The average molecular weight is 174 g/mol. The van der Waals surface area contributed by atoms with Crippen molar-refractivity contribution in [3.63, 3.8) is 0 Å². The SMILES string of the molecule is C=CCC(C(C)=O)c1ccccc1. The van der Waals surface area contributed by atoms with Gasteiger partial charge in [0.05, 0.1) is 0 Å². The number of hydrogen-bond acceptors (Lipinski definition) is 1. The first kappa shape index (κ1) is 9.72. The third kappa shape index (κ3) is 2.55. The minimum Gasteiger partial charge on any atom is -0.299 e. The summed E-state index contributed by atoms with van der Waals surface area (Å²) < 4.78 is 0. The second-order valence-corrected chi connectivity index (χ2v) is 3.10. The van der Waals surface area contributed by atoms with Crippen LogP contribution in [0.2, 0.25) is 0 Å². The van der Waals surface area contributed by atoms with Crippen LogP contribution in [0.25, 0.3) is 0 Å². The van der Waals surface area contributed by atoms with Gasteiger partial charge in [-0.2, -0.15) is 0 Å². The monoisotopic (exact) mass is 174 g/mol. The molecule has 0 spiro atoms. The molecule has 0 amide bonds. The lowest BCUT2D eigenvalue weighted by Crippen LogP contribution is -2.07. The Balaban J connectivity index is 2.88. The molecule has 0 saturated carbocycles. The topological polar surface area (TPSA) is 17.1 Å². The van der Waals surface area contributed by atoms with E-state index in [4.69, 9.17) is 0 Å². The largest absolute Gasteiger partial charge is 0.299 e. The lowest BCUT2D eigenvalue weighted by Gasteiger charge is -2.10. The Morgan fingerprint density at radius 2 is 2.08 bits per heavy atom. The molecule has 68 valence electrons. The van der Waals surface area contributed by atoms with Crippen LogP contribution in [-0.2, 0) is 4.79 Å². The van der Waals surface area contributed by atoms with Gasteiger partial charge < -0.3 is 0 Å². The number of ketones is 1. The number of hydrogen-bond donors (Lipinski definition) is 0. The standard InChI is InChI=1S/C12H14O/c1-3-7-12(10(2)13)11-8-5-4-6-9-11/h3-6,8-9,12H,1,7H2,2H3. The minimum atomic E-state index is -0.0151. The molecule has 1 aromatic rings. The molecule has 0 saturated heterocycles. The van der Waals surface area contributed by atoms with Crippen LogP contribution >= 0.6 is 0 Å². The highest BCUT2D eigenvalue weighted by atomic mass is 16.1. The Labute approximate surface area is 79.1 Å². The Morgan fingerprint density at radius 1 is 1.46 bits per heavy atom. The van der Waals surface area contributed by atoms with Crippen molar-refractivity contribution < 1.29 is 4.79 Å². The summed E-state index contributed by atoms with van der Waals surface area (Å²) in [6.45, 7) is 5.28. The first-order valence-electron chi connectivity index (χ1n) is 4.42. The molecule has 0 aliphatic carbocycles. The Bertz CT molecular complexity index is 287. The number of Topliss-reactive ketones (excluding diaryl/α,β-unsaturated/α-hetero) is 1. The smallest absolute Gasteiger partial charge is 0.137 e. The molecule has 0 aromatic heterocycles. The third-order valence-electron chi connectivity index (χ3n) is 2.10. The van der Waals surface area contributed by atoms with Crippen molar-refractivity contribution in [2.75, 3.05) is 0 Å². The van der Waals surface area contributed by atoms with E-state index in [1.54, 1.807) is 13.0 Å². The van der Waals surface area contributed by atoms with Gasteiger partial charge in [-0.05, 0) is 18.9 Å². The molecule has 1 rings (SSSR count). The fraction of sp³-hybridized carbons (Fsp3) is 0.250. The van der Waals surface area contributed by atoms with Crippen LogP contribution in [0.5, 0.6) is 0 Å². The summed E-state index contributed by atoms with van der Waals surface area (Å²) in [5, 5.41) is 0. The first-order valence-corrected chi connectivity index (χ1v) is 4.42. The summed E-state index contributed by atoms with van der Waals surface area (Å²) in [4.78, 5) is 11.3. The van der Waals surface area contributed by atoms with Gasteiger partial charge in [-0.15, -0.1) is 6.58 Å². The molecule has 1 heteroatoms. The van der Waals surface area contributed by atoms with E-state index in [0.717, 1.165) is 12.0 Å². The summed E-state index contributed by atoms with van der Waals surface area (Å²) in [7, 11) is 0. The number of allylic oxidation sites excluding steroid dienone is 1. The molecule has 0 N–H and O–H groups in total. The minimum absolute atomic E-state index is 0.0151. The average Bonchev–Trinajstić information content (AvgIpc) is 2.15. The second-order valence-electron chi connectivity index (χ2n) is 3.10. The van der Waals surface area contributed by atoms with Crippen LogP contribution in [0.4, 0.5) is 0 Å². The predicted molar refractivity (Wildman–Crippen MR) is 54.7 cm³/mol. The van der Waals surface area contributed by atoms with Crippen molar-refractivity contribution in [2.45, 2.75) is 19.3 Å². The predicted octanol–water partition coefficient (Wildman–Crippen LogP) is 2.94. The normalized spacial score (nSPS) is 12.1. The van der Waals surface area contributed by atoms with Gasteiger partial charge in [0.25, 0.3) is 0 Å². The van der Waals surface area contributed by atoms with E-state index < -0.39 is 0 Å². The maximum Gasteiger partial charge on any atom is 0.137 e. The van der Waals surface area contributed by atoms with E-state index in [-0.39, 0.29) is 11.7 Å². The molecule has 1 aromatic carbocycles. The zero-order valence-corrected chi connectivity index (χ0v) is 7.86. The molecule has 0 heterocycles. The van der Waals surface area contributed by atoms with Gasteiger partial charge >= 0.3 is 0 Å². The Hall–Kier alpha value is -1.37. The van der Waals surface area contributed by atoms with Crippen molar-refractivity contribution in [3.8, 4) is 0 Å². The molecule has 13 heavy (non-hydrogen) atoms. The highest BCUT2D eigenvalue weighted by Crippen LogP contribution is 2.20. The fourth-order valence-corrected chi connectivity index (χ4v) is 1.39. The van der Waals surface area contributed by atoms with Crippen molar-refractivity contribution in [1.82, 2.24) is 0 Å². The van der Waals surface area contributed by atoms with Crippen LogP contribution in [0.1, 0.15) is 24.8 Å². The zero-order valence-electron chi connectivity index (χ0n) is 7.86. The highest BCUT2D eigenvalue weighted by Gasteiger charge is 2.13. The molecule has 1 atom stereocenters. The summed E-state index contributed by atoms with van der Waals surface area (Å²) in [6.07, 6.45) is 2.51. The van der Waals surface area contributed by atoms with E-state index in [0.29, 0.717) is 0 Å². The maximum atomic E-state index is 11.3.